The van der Waals surface area contributed by atoms with Gasteiger partial charge in [0, 0.05) is 54.9 Å². The Morgan fingerprint density at radius 1 is 1.00 bits per heavy atom. The summed E-state index contributed by atoms with van der Waals surface area (Å²) >= 11 is 0. The maximum atomic E-state index is 17.1. The lowest BCUT2D eigenvalue weighted by atomic mass is 9.97. The highest BCUT2D eigenvalue weighted by molar-refractivity contribution is 6.90. The Bertz CT molecular complexity index is 1920. The van der Waals surface area contributed by atoms with Crippen LogP contribution >= 0.6 is 0 Å². The van der Waals surface area contributed by atoms with E-state index in [2.05, 4.69) is 69.9 Å². The van der Waals surface area contributed by atoms with Crippen LogP contribution in [-0.4, -0.2) is 96.4 Å². The van der Waals surface area contributed by atoms with Crippen molar-refractivity contribution in [3.63, 3.8) is 0 Å². The summed E-state index contributed by atoms with van der Waals surface area (Å²) in [6, 6.07) is 12.3. The fourth-order valence-electron chi connectivity index (χ4n) is 8.24. The first-order valence-electron chi connectivity index (χ1n) is 17.9. The molecule has 0 aliphatic carbocycles. The van der Waals surface area contributed by atoms with Crippen molar-refractivity contribution in [2.45, 2.75) is 77.0 Å². The third-order valence-corrected chi connectivity index (χ3v) is 17.3. The maximum Gasteiger partial charge on any atom is 0.407 e. The van der Waals surface area contributed by atoms with Crippen LogP contribution < -0.4 is 9.64 Å². The van der Waals surface area contributed by atoms with Crippen molar-refractivity contribution in [2.24, 2.45) is 0 Å². The Morgan fingerprint density at radius 2 is 1.68 bits per heavy atom. The molecule has 9 nitrogen and oxygen atoms in total. The number of anilines is 1. The van der Waals surface area contributed by atoms with Gasteiger partial charge < -0.3 is 24.5 Å². The Kier molecular flexibility index (Phi) is 10.3. The van der Waals surface area contributed by atoms with E-state index in [-0.39, 0.29) is 23.3 Å². The first-order valence-corrected chi connectivity index (χ1v) is 20.1. The molecule has 0 spiro atoms. The molecule has 2 aliphatic heterocycles. The third-order valence-electron chi connectivity index (χ3n) is 11.0. The topological polar surface area (TPSA) is 94.9 Å². The predicted molar refractivity (Wildman–Crippen MR) is 201 cm³/mol. The second kappa shape index (κ2) is 14.5. The smallest absolute Gasteiger partial charge is 0.407 e. The summed E-state index contributed by atoms with van der Waals surface area (Å²) in [6.07, 6.45) is 2.79. The zero-order valence-electron chi connectivity index (χ0n) is 30.3. The standard InChI is InChI=1S/C39H49FN6O3Si/c1-25(2)50(26(3)4,27(5)6)22-16-29-12-8-11-28-13-9-15-31(33(28)29)35-34(40)36-32(23-41-35)37(45-18-20-46(21-19-45)39(47)48)43-38(42-36)49-24-30-14-10-17-44(30)7/h8-9,11-13,15,23,25-27,30H,10,14,17-21,24H2,1-7H3,(H,47,48)/t30-/m0/s1. The molecule has 2 fully saturated rings. The number of halogens is 1. The highest BCUT2D eigenvalue weighted by Gasteiger charge is 2.41. The van der Waals surface area contributed by atoms with Gasteiger partial charge in [0.1, 0.15) is 31.7 Å². The van der Waals surface area contributed by atoms with Gasteiger partial charge in [-0.25, -0.2) is 9.18 Å². The fourth-order valence-corrected chi connectivity index (χ4v) is 13.5. The van der Waals surface area contributed by atoms with Crippen molar-refractivity contribution in [2.75, 3.05) is 51.3 Å². The van der Waals surface area contributed by atoms with Crippen molar-refractivity contribution in [1.82, 2.24) is 24.8 Å². The van der Waals surface area contributed by atoms with E-state index in [1.54, 1.807) is 6.20 Å². The lowest BCUT2D eigenvalue weighted by Crippen LogP contribution is -2.48. The summed E-state index contributed by atoms with van der Waals surface area (Å²) in [5.41, 5.74) is 7.14. The van der Waals surface area contributed by atoms with Crippen LogP contribution in [0.5, 0.6) is 6.01 Å². The van der Waals surface area contributed by atoms with E-state index in [1.807, 2.05) is 41.3 Å². The van der Waals surface area contributed by atoms with Crippen molar-refractivity contribution < 1.29 is 19.0 Å². The van der Waals surface area contributed by atoms with E-state index in [4.69, 9.17) is 14.7 Å². The van der Waals surface area contributed by atoms with Crippen LogP contribution in [0.3, 0.4) is 0 Å². The fraction of sp³-hybridized carbons (Fsp3) is 0.487. The Hall–Kier alpha value is -4.27. The van der Waals surface area contributed by atoms with Crippen molar-refractivity contribution in [3.8, 4) is 28.7 Å². The van der Waals surface area contributed by atoms with Crippen molar-refractivity contribution in [3.05, 3.63) is 54.0 Å². The molecule has 0 unspecified atom stereocenters. The Morgan fingerprint density at radius 3 is 2.30 bits per heavy atom. The van der Waals surface area contributed by atoms with E-state index in [1.165, 1.54) is 4.90 Å². The minimum absolute atomic E-state index is 0.103. The first kappa shape index (κ1) is 35.5. The summed E-state index contributed by atoms with van der Waals surface area (Å²) in [5.74, 6) is 3.56. The van der Waals surface area contributed by atoms with Crippen LogP contribution in [0.1, 0.15) is 59.9 Å². The van der Waals surface area contributed by atoms with Gasteiger partial charge >= 0.3 is 12.1 Å². The highest BCUT2D eigenvalue weighted by Crippen LogP contribution is 2.41. The van der Waals surface area contributed by atoms with Gasteiger partial charge in [-0.3, -0.25) is 4.98 Å². The number of piperazine rings is 1. The van der Waals surface area contributed by atoms with Gasteiger partial charge in [0.2, 0.25) is 0 Å². The molecular weight excluding hydrogens is 648 g/mol. The highest BCUT2D eigenvalue weighted by atomic mass is 28.3. The number of carbonyl (C=O) groups is 1. The van der Waals surface area contributed by atoms with Gasteiger partial charge in [-0.15, -0.1) is 5.54 Å². The number of nitrogens with zero attached hydrogens (tertiary/aromatic N) is 6. The maximum absolute atomic E-state index is 17.1. The lowest BCUT2D eigenvalue weighted by Gasteiger charge is -2.38. The largest absolute Gasteiger partial charge is 0.465 e. The number of likely N-dealkylation sites (tertiary alicyclic amines) is 1. The first-order chi connectivity index (χ1) is 23.9. The number of fused-ring (bicyclic) bond motifs is 2. The van der Waals surface area contributed by atoms with Gasteiger partial charge in [-0.1, -0.05) is 77.8 Å². The molecular formula is C39H49FN6O3Si. The van der Waals surface area contributed by atoms with Crippen LogP contribution in [0.25, 0.3) is 32.9 Å². The zero-order valence-corrected chi connectivity index (χ0v) is 31.3. The second-order valence-electron chi connectivity index (χ2n) is 14.7. The molecule has 11 heteroatoms. The second-order valence-corrected chi connectivity index (χ2v) is 20.3. The number of pyridine rings is 1. The molecule has 2 aliphatic rings. The van der Waals surface area contributed by atoms with E-state index in [0.29, 0.717) is 66.2 Å². The molecule has 1 atom stereocenters. The summed E-state index contributed by atoms with van der Waals surface area (Å²) in [6.45, 7) is 16.6. The molecule has 1 N–H and O–H groups in total. The molecule has 2 saturated heterocycles. The summed E-state index contributed by atoms with van der Waals surface area (Å²) in [4.78, 5) is 31.4. The Balaban J connectivity index is 1.48. The zero-order chi connectivity index (χ0) is 35.7. The number of carboxylic acid groups (broad SMARTS) is 1. The van der Waals surface area contributed by atoms with E-state index >= 15 is 4.39 Å². The molecule has 50 heavy (non-hydrogen) atoms. The van der Waals surface area contributed by atoms with Gasteiger partial charge in [0.15, 0.2) is 5.82 Å². The normalized spacial score (nSPS) is 17.3. The van der Waals surface area contributed by atoms with E-state index < -0.39 is 20.0 Å². The quantitative estimate of drug-likeness (QED) is 0.147. The van der Waals surface area contributed by atoms with Crippen LogP contribution in [0.4, 0.5) is 15.0 Å². The SMILES string of the molecule is CC(C)[Si](C#Cc1cccc2cccc(-c3ncc4c(N5CCN(C(=O)O)CC5)nc(OC[C@@H]5CCCN5C)nc4c3F)c12)(C(C)C)C(C)C. The molecule has 4 heterocycles. The average Bonchev–Trinajstić information content (AvgIpc) is 3.51. The average molecular weight is 697 g/mol. The monoisotopic (exact) mass is 696 g/mol. The number of ether oxygens (including phenoxy) is 1. The minimum Gasteiger partial charge on any atom is -0.465 e. The molecule has 2 aromatic carbocycles. The summed E-state index contributed by atoms with van der Waals surface area (Å²) in [7, 11) is 0.0474. The number of hydrogen-bond donors (Lipinski definition) is 1. The molecule has 1 amide bonds. The van der Waals surface area contributed by atoms with E-state index in [0.717, 1.165) is 35.7 Å². The summed E-state index contributed by atoms with van der Waals surface area (Å²) < 4.78 is 23.2. The number of rotatable bonds is 8. The van der Waals surface area contributed by atoms with Gasteiger partial charge in [0.05, 0.1) is 5.39 Å². The number of benzene rings is 2. The molecule has 0 radical (unpaired) electrons. The number of hydrogen-bond acceptors (Lipinski definition) is 7. The molecule has 4 aromatic rings. The lowest BCUT2D eigenvalue weighted by molar-refractivity contribution is 0.142. The van der Waals surface area contributed by atoms with Crippen molar-refractivity contribution >= 4 is 41.7 Å². The van der Waals surface area contributed by atoms with Crippen LogP contribution in [0, 0.1) is 17.3 Å². The van der Waals surface area contributed by atoms with Crippen molar-refractivity contribution in [1.29, 1.82) is 0 Å². The van der Waals surface area contributed by atoms with Crippen LogP contribution in [-0.2, 0) is 0 Å². The van der Waals surface area contributed by atoms with E-state index in [9.17, 15) is 9.90 Å². The molecule has 0 bridgehead atoms. The molecule has 2 aromatic heterocycles. The number of amides is 1. The van der Waals surface area contributed by atoms with Gasteiger partial charge in [-0.05, 0) is 54.5 Å². The molecule has 6 rings (SSSR count). The number of likely N-dealkylation sites (N-methyl/N-ethyl adjacent to an activating group) is 1. The van der Waals surface area contributed by atoms with Gasteiger partial charge in [0.25, 0.3) is 0 Å². The summed E-state index contributed by atoms with van der Waals surface area (Å²) in [5, 5.41) is 11.8. The third kappa shape index (κ3) is 6.63. The molecule has 264 valence electrons. The predicted octanol–water partition coefficient (Wildman–Crippen LogP) is 7.83. The number of aromatic nitrogens is 3. The van der Waals surface area contributed by atoms with Gasteiger partial charge in [-0.2, -0.15) is 9.97 Å². The molecule has 0 saturated carbocycles. The minimum atomic E-state index is -2.03. The van der Waals surface area contributed by atoms with Crippen LogP contribution in [0.2, 0.25) is 16.6 Å². The Labute approximate surface area is 295 Å². The van der Waals surface area contributed by atoms with Crippen LogP contribution in [0.15, 0.2) is 42.6 Å².